The molecule has 2 aromatic rings. The molecule has 0 fully saturated rings. The number of halogens is 1. The molecule has 0 aliphatic rings. The van der Waals surface area contributed by atoms with E-state index >= 15 is 0 Å². The van der Waals surface area contributed by atoms with E-state index in [1.807, 2.05) is 30.3 Å². The smallest absolute Gasteiger partial charge is 0.129 e. The van der Waals surface area contributed by atoms with E-state index in [1.54, 1.807) is 6.07 Å². The summed E-state index contributed by atoms with van der Waals surface area (Å²) in [6, 6.07) is 16.0. The number of hydrogen-bond acceptors (Lipinski definition) is 1. The molecule has 1 aromatic carbocycles. The molecule has 0 spiro atoms. The molecule has 1 atom stereocenters. The minimum atomic E-state index is 0.561. The molecule has 14 heavy (non-hydrogen) atoms. The molecule has 1 heterocycles. The monoisotopic (exact) mass is 221 g/mol. The Hall–Kier alpha value is -0.910. The van der Waals surface area contributed by atoms with E-state index in [9.17, 15) is 0 Å². The molecule has 0 saturated carbocycles. The molecule has 0 aliphatic carbocycles. The summed E-state index contributed by atoms with van der Waals surface area (Å²) in [5.41, 5.74) is 1.03. The summed E-state index contributed by atoms with van der Waals surface area (Å²) in [5.74, 6) is 0. The molecule has 3 heteroatoms. The minimum Gasteiger partial charge on any atom is -0.236 e. The molecular formula is C11H9ClNP. The van der Waals surface area contributed by atoms with Crippen molar-refractivity contribution in [2.24, 2.45) is 0 Å². The van der Waals surface area contributed by atoms with Gasteiger partial charge in [-0.2, -0.15) is 0 Å². The largest absolute Gasteiger partial charge is 0.236 e. The van der Waals surface area contributed by atoms with Crippen LogP contribution in [0.15, 0.2) is 48.5 Å². The second-order valence-corrected chi connectivity index (χ2v) is 4.56. The van der Waals surface area contributed by atoms with Crippen molar-refractivity contribution in [2.75, 3.05) is 0 Å². The Balaban J connectivity index is 2.19. The predicted octanol–water partition coefficient (Wildman–Crippen LogP) is 2.36. The number of aromatic nitrogens is 1. The molecule has 0 saturated heterocycles. The van der Waals surface area contributed by atoms with Crippen molar-refractivity contribution in [3.05, 3.63) is 53.7 Å². The van der Waals surface area contributed by atoms with Crippen LogP contribution >= 0.6 is 20.2 Å². The zero-order valence-corrected chi connectivity index (χ0v) is 9.20. The highest BCUT2D eigenvalue weighted by Gasteiger charge is 1.96. The lowest BCUT2D eigenvalue weighted by atomic mass is 10.4. The van der Waals surface area contributed by atoms with E-state index in [2.05, 4.69) is 17.1 Å². The summed E-state index contributed by atoms with van der Waals surface area (Å²) in [6.07, 6.45) is 0. The summed E-state index contributed by atoms with van der Waals surface area (Å²) in [5, 5.41) is 1.84. The van der Waals surface area contributed by atoms with Crippen LogP contribution in [0.1, 0.15) is 0 Å². The Labute approximate surface area is 89.9 Å². The first kappa shape index (κ1) is 9.64. The Morgan fingerprint density at radius 3 is 2.43 bits per heavy atom. The predicted molar refractivity (Wildman–Crippen MR) is 63.3 cm³/mol. The first-order valence-electron chi connectivity index (χ1n) is 4.29. The fraction of sp³-hybridized carbons (Fsp3) is 0. The van der Waals surface area contributed by atoms with Gasteiger partial charge in [0.1, 0.15) is 5.15 Å². The number of nitrogens with zero attached hydrogens (tertiary/aromatic N) is 1. The first-order chi connectivity index (χ1) is 6.84. The van der Waals surface area contributed by atoms with Crippen molar-refractivity contribution in [3.8, 4) is 0 Å². The molecule has 2 rings (SSSR count). The summed E-state index contributed by atoms with van der Waals surface area (Å²) in [6.45, 7) is 0. The molecule has 1 nitrogen and oxygen atoms in total. The van der Waals surface area contributed by atoms with Crippen molar-refractivity contribution < 1.29 is 0 Å². The fourth-order valence-electron chi connectivity index (χ4n) is 1.15. The van der Waals surface area contributed by atoms with Gasteiger partial charge in [-0.25, -0.2) is 4.98 Å². The minimum absolute atomic E-state index is 0.561. The van der Waals surface area contributed by atoms with Crippen molar-refractivity contribution in [2.45, 2.75) is 0 Å². The van der Waals surface area contributed by atoms with E-state index in [4.69, 9.17) is 11.6 Å². The maximum absolute atomic E-state index is 5.80. The maximum Gasteiger partial charge on any atom is 0.129 e. The maximum atomic E-state index is 5.80. The fourth-order valence-corrected chi connectivity index (χ4v) is 2.39. The van der Waals surface area contributed by atoms with E-state index in [-0.39, 0.29) is 0 Å². The van der Waals surface area contributed by atoms with Crippen LogP contribution in [-0.2, 0) is 0 Å². The van der Waals surface area contributed by atoms with Gasteiger partial charge in [-0.1, -0.05) is 48.0 Å². The topological polar surface area (TPSA) is 12.9 Å². The third-order valence-corrected chi connectivity index (χ3v) is 3.13. The van der Waals surface area contributed by atoms with E-state index in [0.29, 0.717) is 13.7 Å². The molecule has 0 bridgehead atoms. The van der Waals surface area contributed by atoms with Gasteiger partial charge in [0.2, 0.25) is 0 Å². The quantitative estimate of drug-likeness (QED) is 0.561. The lowest BCUT2D eigenvalue weighted by molar-refractivity contribution is 1.39. The molecule has 1 unspecified atom stereocenters. The van der Waals surface area contributed by atoms with Crippen LogP contribution in [-0.4, -0.2) is 4.98 Å². The number of pyridine rings is 1. The van der Waals surface area contributed by atoms with Gasteiger partial charge in [0, 0.05) is 0 Å². The lowest BCUT2D eigenvalue weighted by Crippen LogP contribution is -2.06. The van der Waals surface area contributed by atoms with E-state index in [1.165, 1.54) is 5.30 Å². The Kier molecular flexibility index (Phi) is 3.13. The number of rotatable bonds is 2. The van der Waals surface area contributed by atoms with Gasteiger partial charge in [-0.05, 0) is 26.0 Å². The van der Waals surface area contributed by atoms with Gasteiger partial charge in [-0.3, -0.25) is 0 Å². The second kappa shape index (κ2) is 4.54. The van der Waals surface area contributed by atoms with Crippen molar-refractivity contribution >= 4 is 30.9 Å². The third-order valence-electron chi connectivity index (χ3n) is 1.76. The summed E-state index contributed by atoms with van der Waals surface area (Å²) < 4.78 is 0. The van der Waals surface area contributed by atoms with Gasteiger partial charge in [0.25, 0.3) is 0 Å². The average Bonchev–Trinajstić information content (AvgIpc) is 2.19. The highest BCUT2D eigenvalue weighted by Crippen LogP contribution is 2.10. The first-order valence-corrected chi connectivity index (χ1v) is 5.67. The van der Waals surface area contributed by atoms with Gasteiger partial charge in [0.15, 0.2) is 0 Å². The van der Waals surface area contributed by atoms with Gasteiger partial charge in [-0.15, -0.1) is 0 Å². The van der Waals surface area contributed by atoms with Crippen LogP contribution in [0, 0.1) is 0 Å². The SMILES string of the molecule is Clc1cccc(Pc2ccccc2)n1. The standard InChI is InChI=1S/C11H9ClNP/c12-10-7-4-8-11(13-10)14-9-5-2-1-3-6-9/h1-8,14H. The van der Waals surface area contributed by atoms with Gasteiger partial charge >= 0.3 is 0 Å². The summed E-state index contributed by atoms with van der Waals surface area (Å²) in [7, 11) is 0.578. The second-order valence-electron chi connectivity index (χ2n) is 2.84. The third kappa shape index (κ3) is 2.54. The number of benzene rings is 1. The molecule has 0 aliphatic heterocycles. The molecular weight excluding hydrogens is 213 g/mol. The molecule has 0 radical (unpaired) electrons. The lowest BCUT2D eigenvalue weighted by Gasteiger charge is -2.00. The number of hydrogen-bond donors (Lipinski definition) is 0. The highest BCUT2D eigenvalue weighted by atomic mass is 35.5. The van der Waals surface area contributed by atoms with Crippen molar-refractivity contribution in [1.82, 2.24) is 4.98 Å². The Morgan fingerprint density at radius 1 is 0.929 bits per heavy atom. The average molecular weight is 222 g/mol. The zero-order valence-electron chi connectivity index (χ0n) is 7.44. The highest BCUT2D eigenvalue weighted by molar-refractivity contribution is 7.55. The molecule has 0 amide bonds. The van der Waals surface area contributed by atoms with Crippen LogP contribution in [0.25, 0.3) is 0 Å². The van der Waals surface area contributed by atoms with E-state index in [0.717, 1.165) is 5.44 Å². The van der Waals surface area contributed by atoms with Crippen molar-refractivity contribution in [3.63, 3.8) is 0 Å². The van der Waals surface area contributed by atoms with Crippen LogP contribution in [0.5, 0.6) is 0 Å². The Bertz CT molecular complexity index is 417. The van der Waals surface area contributed by atoms with Crippen LogP contribution in [0.2, 0.25) is 5.15 Å². The van der Waals surface area contributed by atoms with Crippen LogP contribution < -0.4 is 10.7 Å². The van der Waals surface area contributed by atoms with Crippen LogP contribution in [0.3, 0.4) is 0 Å². The summed E-state index contributed by atoms with van der Waals surface area (Å²) in [4.78, 5) is 4.25. The molecule has 0 N–H and O–H groups in total. The molecule has 70 valence electrons. The van der Waals surface area contributed by atoms with E-state index < -0.39 is 0 Å². The Morgan fingerprint density at radius 2 is 1.71 bits per heavy atom. The van der Waals surface area contributed by atoms with Gasteiger partial charge in [0.05, 0.1) is 5.44 Å². The van der Waals surface area contributed by atoms with Crippen molar-refractivity contribution in [1.29, 1.82) is 0 Å². The molecule has 1 aromatic heterocycles. The normalized spacial score (nSPS) is 10.9. The van der Waals surface area contributed by atoms with Crippen LogP contribution in [0.4, 0.5) is 0 Å². The van der Waals surface area contributed by atoms with Gasteiger partial charge < -0.3 is 0 Å². The summed E-state index contributed by atoms with van der Waals surface area (Å²) >= 11 is 5.80. The zero-order chi connectivity index (χ0) is 9.80.